The number of amides is 2. The molecule has 2 N–H and O–H groups in total. The standard InChI is InChI=1S/C25H30F2N6O3S/c1-25(2,3)36-24(35)31-22-19(30-21(37-22)16-10-9-15(26)13-17(16)27)20(34)29-18-14-28-32(4)23(18)33-11-7-5-6-8-12-33/h9-10,13-14H,5-8,11-12H2,1-4H3,(H,29,34)(H,31,35). The van der Waals surface area contributed by atoms with E-state index >= 15 is 0 Å². The van der Waals surface area contributed by atoms with Gasteiger partial charge in [-0.3, -0.25) is 14.8 Å². The predicted molar refractivity (Wildman–Crippen MR) is 139 cm³/mol. The molecule has 1 aromatic carbocycles. The molecule has 0 atom stereocenters. The number of benzene rings is 1. The first-order valence-corrected chi connectivity index (χ1v) is 12.9. The van der Waals surface area contributed by atoms with E-state index < -0.39 is 29.2 Å². The van der Waals surface area contributed by atoms with Crippen LogP contribution in [-0.4, -0.2) is 45.5 Å². The van der Waals surface area contributed by atoms with Crippen LogP contribution in [0.15, 0.2) is 24.4 Å². The third-order valence-corrected chi connectivity index (χ3v) is 6.68. The van der Waals surface area contributed by atoms with Gasteiger partial charge in [0.05, 0.1) is 6.20 Å². The number of halogens is 2. The molecule has 2 amide bonds. The molecular formula is C25H30F2N6O3S. The minimum atomic E-state index is -0.833. The molecule has 1 aliphatic heterocycles. The highest BCUT2D eigenvalue weighted by Crippen LogP contribution is 2.35. The largest absolute Gasteiger partial charge is 0.444 e. The van der Waals surface area contributed by atoms with Gasteiger partial charge in [-0.25, -0.2) is 18.6 Å². The second-order valence-electron chi connectivity index (χ2n) is 9.81. The molecule has 0 aliphatic carbocycles. The molecule has 0 saturated carbocycles. The van der Waals surface area contributed by atoms with Gasteiger partial charge in [0.15, 0.2) is 11.5 Å². The molecule has 2 aromatic heterocycles. The first kappa shape index (κ1) is 26.5. The molecule has 0 radical (unpaired) electrons. The summed E-state index contributed by atoms with van der Waals surface area (Å²) in [5, 5.41) is 9.90. The third-order valence-electron chi connectivity index (χ3n) is 5.68. The molecule has 0 spiro atoms. The fourth-order valence-electron chi connectivity index (χ4n) is 4.09. The average molecular weight is 533 g/mol. The van der Waals surface area contributed by atoms with Gasteiger partial charge in [0.2, 0.25) is 0 Å². The van der Waals surface area contributed by atoms with Crippen molar-refractivity contribution < 1.29 is 23.1 Å². The molecule has 1 saturated heterocycles. The summed E-state index contributed by atoms with van der Waals surface area (Å²) in [5.74, 6) is -1.40. The summed E-state index contributed by atoms with van der Waals surface area (Å²) < 4.78 is 35.0. The minimum Gasteiger partial charge on any atom is -0.444 e. The zero-order valence-electron chi connectivity index (χ0n) is 21.2. The topological polar surface area (TPSA) is 101 Å². The number of carbonyl (C=O) groups excluding carboxylic acids is 2. The maximum atomic E-state index is 14.5. The highest BCUT2D eigenvalue weighted by molar-refractivity contribution is 7.19. The number of rotatable bonds is 5. The first-order valence-electron chi connectivity index (χ1n) is 12.1. The Morgan fingerprint density at radius 1 is 1.08 bits per heavy atom. The smallest absolute Gasteiger partial charge is 0.412 e. The van der Waals surface area contributed by atoms with Gasteiger partial charge in [0.25, 0.3) is 5.91 Å². The number of carbonyl (C=O) groups is 2. The van der Waals surface area contributed by atoms with Crippen molar-refractivity contribution in [2.75, 3.05) is 28.6 Å². The highest BCUT2D eigenvalue weighted by atomic mass is 32.1. The van der Waals surface area contributed by atoms with Crippen molar-refractivity contribution in [3.63, 3.8) is 0 Å². The fourth-order valence-corrected chi connectivity index (χ4v) is 5.07. The van der Waals surface area contributed by atoms with E-state index in [0.29, 0.717) is 5.69 Å². The number of anilines is 3. The summed E-state index contributed by atoms with van der Waals surface area (Å²) in [6, 6.07) is 3.07. The Balaban J connectivity index is 1.66. The molecule has 9 nitrogen and oxygen atoms in total. The van der Waals surface area contributed by atoms with E-state index in [1.165, 1.54) is 6.07 Å². The molecule has 37 heavy (non-hydrogen) atoms. The lowest BCUT2D eigenvalue weighted by atomic mass is 10.2. The Kier molecular flexibility index (Phi) is 7.76. The number of aromatic nitrogens is 3. The lowest BCUT2D eigenvalue weighted by molar-refractivity contribution is 0.0636. The van der Waals surface area contributed by atoms with Gasteiger partial charge in [0.1, 0.15) is 32.9 Å². The summed E-state index contributed by atoms with van der Waals surface area (Å²) in [6.45, 7) is 6.81. The lowest BCUT2D eigenvalue weighted by Crippen LogP contribution is -2.28. The number of hydrogen-bond acceptors (Lipinski definition) is 7. The summed E-state index contributed by atoms with van der Waals surface area (Å²) in [4.78, 5) is 32.4. The second kappa shape index (κ2) is 10.8. The predicted octanol–water partition coefficient (Wildman–Crippen LogP) is 5.80. The Morgan fingerprint density at radius 3 is 2.43 bits per heavy atom. The number of thiazole rings is 1. The van der Waals surface area contributed by atoms with Crippen molar-refractivity contribution in [1.29, 1.82) is 0 Å². The van der Waals surface area contributed by atoms with Gasteiger partial charge < -0.3 is 15.0 Å². The van der Waals surface area contributed by atoms with Crippen LogP contribution >= 0.6 is 11.3 Å². The molecule has 0 bridgehead atoms. The number of hydrogen-bond donors (Lipinski definition) is 2. The van der Waals surface area contributed by atoms with Crippen LogP contribution in [0.25, 0.3) is 10.6 Å². The first-order chi connectivity index (χ1) is 17.5. The van der Waals surface area contributed by atoms with Gasteiger partial charge in [-0.05, 0) is 45.7 Å². The van der Waals surface area contributed by atoms with Crippen LogP contribution in [0.5, 0.6) is 0 Å². The van der Waals surface area contributed by atoms with Gasteiger partial charge in [-0.1, -0.05) is 24.2 Å². The summed E-state index contributed by atoms with van der Waals surface area (Å²) in [6.07, 6.45) is 5.16. The normalized spacial score (nSPS) is 14.3. The van der Waals surface area contributed by atoms with Crippen LogP contribution in [0.3, 0.4) is 0 Å². The van der Waals surface area contributed by atoms with Crippen LogP contribution < -0.4 is 15.5 Å². The number of nitrogens with zero attached hydrogens (tertiary/aromatic N) is 4. The average Bonchev–Trinajstić information content (AvgIpc) is 3.25. The van der Waals surface area contributed by atoms with E-state index in [2.05, 4.69) is 25.6 Å². The van der Waals surface area contributed by atoms with Gasteiger partial charge >= 0.3 is 6.09 Å². The molecule has 3 aromatic rings. The molecular weight excluding hydrogens is 502 g/mol. The monoisotopic (exact) mass is 532 g/mol. The van der Waals surface area contributed by atoms with E-state index in [4.69, 9.17) is 4.74 Å². The number of nitrogens with one attached hydrogen (secondary N) is 2. The molecule has 4 rings (SSSR count). The summed E-state index contributed by atoms with van der Waals surface area (Å²) >= 11 is 0.888. The molecule has 1 aliphatic rings. The van der Waals surface area contributed by atoms with E-state index in [1.54, 1.807) is 31.6 Å². The van der Waals surface area contributed by atoms with Crippen LogP contribution in [0.2, 0.25) is 0 Å². The Bertz CT molecular complexity index is 1290. The molecule has 12 heteroatoms. The van der Waals surface area contributed by atoms with Crippen LogP contribution in [0, 0.1) is 11.6 Å². The van der Waals surface area contributed by atoms with Crippen molar-refractivity contribution in [3.8, 4) is 10.6 Å². The van der Waals surface area contributed by atoms with Crippen LogP contribution in [0.4, 0.5) is 30.1 Å². The molecule has 198 valence electrons. The van der Waals surface area contributed by atoms with Crippen molar-refractivity contribution >= 4 is 39.8 Å². The minimum absolute atomic E-state index is 0.00400. The highest BCUT2D eigenvalue weighted by Gasteiger charge is 2.26. The quantitative estimate of drug-likeness (QED) is 0.431. The number of aryl methyl sites for hydroxylation is 1. The van der Waals surface area contributed by atoms with Crippen molar-refractivity contribution in [1.82, 2.24) is 14.8 Å². The Hall–Kier alpha value is -3.54. The maximum absolute atomic E-state index is 14.5. The lowest BCUT2D eigenvalue weighted by Gasteiger charge is -2.24. The molecule has 1 fully saturated rings. The summed E-state index contributed by atoms with van der Waals surface area (Å²) in [7, 11) is 1.81. The summed E-state index contributed by atoms with van der Waals surface area (Å²) in [5.41, 5.74) is -0.398. The van der Waals surface area contributed by atoms with Gasteiger partial charge in [-0.2, -0.15) is 5.10 Å². The van der Waals surface area contributed by atoms with Gasteiger partial charge in [-0.15, -0.1) is 0 Å². The van der Waals surface area contributed by atoms with Gasteiger partial charge in [0, 0.05) is 31.8 Å². The third kappa shape index (κ3) is 6.43. The van der Waals surface area contributed by atoms with E-state index in [9.17, 15) is 18.4 Å². The number of ether oxygens (including phenoxy) is 1. The van der Waals surface area contributed by atoms with Crippen LogP contribution in [-0.2, 0) is 11.8 Å². The zero-order chi connectivity index (χ0) is 26.7. The van der Waals surface area contributed by atoms with Crippen molar-refractivity contribution in [2.45, 2.75) is 52.1 Å². The fraction of sp³-hybridized carbons (Fsp3) is 0.440. The van der Waals surface area contributed by atoms with E-state index in [0.717, 1.165) is 68.1 Å². The van der Waals surface area contributed by atoms with E-state index in [-0.39, 0.29) is 21.3 Å². The SMILES string of the molecule is Cn1ncc(NC(=O)c2nc(-c3ccc(F)cc3F)sc2NC(=O)OC(C)(C)C)c1N1CCCCCC1. The van der Waals surface area contributed by atoms with Crippen molar-refractivity contribution in [2.24, 2.45) is 7.05 Å². The Labute approximate surface area is 217 Å². The van der Waals surface area contributed by atoms with E-state index in [1.807, 2.05) is 7.05 Å². The Morgan fingerprint density at radius 2 is 1.78 bits per heavy atom. The van der Waals surface area contributed by atoms with Crippen LogP contribution in [0.1, 0.15) is 56.9 Å². The van der Waals surface area contributed by atoms with Crippen molar-refractivity contribution in [3.05, 3.63) is 41.7 Å². The maximum Gasteiger partial charge on any atom is 0.412 e. The molecule has 0 unspecified atom stereocenters. The second-order valence-corrected chi connectivity index (χ2v) is 10.8. The zero-order valence-corrected chi connectivity index (χ0v) is 22.0. The molecule has 3 heterocycles.